The highest BCUT2D eigenvalue weighted by atomic mass is 16.2. The summed E-state index contributed by atoms with van der Waals surface area (Å²) in [6.45, 7) is 4.38. The number of aromatic amines is 1. The van der Waals surface area contributed by atoms with Gasteiger partial charge in [-0.2, -0.15) is 0 Å². The van der Waals surface area contributed by atoms with Gasteiger partial charge in [-0.05, 0) is 25.5 Å². The molecule has 1 saturated heterocycles. The molecule has 1 aliphatic rings. The van der Waals surface area contributed by atoms with Crippen LogP contribution >= 0.6 is 0 Å². The van der Waals surface area contributed by atoms with Gasteiger partial charge in [0.2, 0.25) is 0 Å². The zero-order valence-corrected chi connectivity index (χ0v) is 15.7. The zero-order valence-electron chi connectivity index (χ0n) is 15.7. The van der Waals surface area contributed by atoms with Gasteiger partial charge in [0, 0.05) is 62.2 Å². The number of hydrogen-bond acceptors (Lipinski definition) is 2. The van der Waals surface area contributed by atoms with Crippen molar-refractivity contribution in [3.05, 3.63) is 59.5 Å². The van der Waals surface area contributed by atoms with Crippen molar-refractivity contribution in [3.8, 4) is 0 Å². The quantitative estimate of drug-likeness (QED) is 0.760. The van der Waals surface area contributed by atoms with Crippen LogP contribution in [0.5, 0.6) is 0 Å². The Morgan fingerprint density at radius 3 is 2.37 bits per heavy atom. The molecule has 0 spiro atoms. The summed E-state index contributed by atoms with van der Waals surface area (Å²) in [5.41, 5.74) is 3.31. The number of benzene rings is 1. The summed E-state index contributed by atoms with van der Waals surface area (Å²) >= 11 is 0. The van der Waals surface area contributed by atoms with Crippen molar-refractivity contribution in [2.75, 3.05) is 26.2 Å². The van der Waals surface area contributed by atoms with Gasteiger partial charge in [0.15, 0.2) is 0 Å². The zero-order chi connectivity index (χ0) is 19.0. The smallest absolute Gasteiger partial charge is 0.256 e. The van der Waals surface area contributed by atoms with Crippen molar-refractivity contribution in [3.63, 3.8) is 0 Å². The van der Waals surface area contributed by atoms with E-state index in [0.717, 1.165) is 28.6 Å². The van der Waals surface area contributed by atoms with E-state index in [4.69, 9.17) is 0 Å². The van der Waals surface area contributed by atoms with Crippen LogP contribution in [0.15, 0.2) is 42.7 Å². The van der Waals surface area contributed by atoms with Crippen molar-refractivity contribution in [1.82, 2.24) is 19.4 Å². The van der Waals surface area contributed by atoms with E-state index in [-0.39, 0.29) is 11.8 Å². The number of amides is 2. The predicted octanol–water partition coefficient (Wildman–Crippen LogP) is 2.80. The minimum absolute atomic E-state index is 0.0353. The van der Waals surface area contributed by atoms with Crippen LogP contribution in [0.2, 0.25) is 0 Å². The third-order valence-electron chi connectivity index (χ3n) is 5.26. The first kappa shape index (κ1) is 17.4. The molecule has 0 unspecified atom stereocenters. The fourth-order valence-electron chi connectivity index (χ4n) is 3.85. The van der Waals surface area contributed by atoms with Gasteiger partial charge in [-0.3, -0.25) is 9.59 Å². The minimum atomic E-state index is 0.0353. The maximum absolute atomic E-state index is 13.2. The molecule has 0 atom stereocenters. The van der Waals surface area contributed by atoms with E-state index in [1.807, 2.05) is 71.1 Å². The van der Waals surface area contributed by atoms with Crippen LogP contribution in [-0.2, 0) is 7.05 Å². The lowest BCUT2D eigenvalue weighted by Crippen LogP contribution is -2.37. The van der Waals surface area contributed by atoms with Crippen LogP contribution in [0.25, 0.3) is 10.9 Å². The van der Waals surface area contributed by atoms with E-state index in [0.29, 0.717) is 31.7 Å². The van der Waals surface area contributed by atoms with Crippen molar-refractivity contribution in [2.24, 2.45) is 7.05 Å². The topological polar surface area (TPSA) is 61.3 Å². The van der Waals surface area contributed by atoms with Gasteiger partial charge in [0.1, 0.15) is 0 Å². The monoisotopic (exact) mass is 364 g/mol. The minimum Gasteiger partial charge on any atom is -0.358 e. The van der Waals surface area contributed by atoms with Crippen molar-refractivity contribution in [1.29, 1.82) is 0 Å². The molecule has 0 bridgehead atoms. The Bertz CT molecular complexity index is 1000. The van der Waals surface area contributed by atoms with E-state index in [1.165, 1.54) is 0 Å². The molecule has 140 valence electrons. The largest absolute Gasteiger partial charge is 0.358 e. The van der Waals surface area contributed by atoms with Gasteiger partial charge >= 0.3 is 0 Å². The molecule has 1 aromatic carbocycles. The summed E-state index contributed by atoms with van der Waals surface area (Å²) in [7, 11) is 1.91. The first-order chi connectivity index (χ1) is 13.0. The van der Waals surface area contributed by atoms with Gasteiger partial charge in [-0.15, -0.1) is 0 Å². The Balaban J connectivity index is 1.51. The summed E-state index contributed by atoms with van der Waals surface area (Å²) in [5.74, 6) is 0.0760. The van der Waals surface area contributed by atoms with Crippen LogP contribution in [-0.4, -0.2) is 57.3 Å². The van der Waals surface area contributed by atoms with E-state index < -0.39 is 0 Å². The lowest BCUT2D eigenvalue weighted by atomic mass is 10.1. The third-order valence-corrected chi connectivity index (χ3v) is 5.26. The molecule has 6 heteroatoms. The standard InChI is InChI=1S/C21H24N4O2/c1-15-19(17-6-3-4-7-18(17)22-15)21(27)25-10-5-9-24(12-13-25)20(26)16-8-11-23(2)14-16/h3-4,6-8,11,14,22H,5,9-10,12-13H2,1-2H3. The Hall–Kier alpha value is -3.02. The van der Waals surface area contributed by atoms with Gasteiger partial charge in [0.05, 0.1) is 11.1 Å². The molecule has 27 heavy (non-hydrogen) atoms. The van der Waals surface area contributed by atoms with Gasteiger partial charge in [-0.25, -0.2) is 0 Å². The second-order valence-electron chi connectivity index (χ2n) is 7.17. The molecule has 0 radical (unpaired) electrons. The molecular formula is C21H24N4O2. The van der Waals surface area contributed by atoms with Gasteiger partial charge in [-0.1, -0.05) is 18.2 Å². The highest BCUT2D eigenvalue weighted by molar-refractivity contribution is 6.08. The maximum Gasteiger partial charge on any atom is 0.256 e. The van der Waals surface area contributed by atoms with Crippen molar-refractivity contribution < 1.29 is 9.59 Å². The molecule has 3 heterocycles. The lowest BCUT2D eigenvalue weighted by molar-refractivity contribution is 0.0719. The molecule has 3 aromatic rings. The number of rotatable bonds is 2. The van der Waals surface area contributed by atoms with E-state index in [2.05, 4.69) is 4.98 Å². The second-order valence-corrected chi connectivity index (χ2v) is 7.17. The Kier molecular flexibility index (Phi) is 4.48. The Morgan fingerprint density at radius 1 is 0.963 bits per heavy atom. The number of nitrogens with zero attached hydrogens (tertiary/aromatic N) is 3. The van der Waals surface area contributed by atoms with Gasteiger partial charge in [0.25, 0.3) is 11.8 Å². The number of para-hydroxylation sites is 1. The molecule has 2 amide bonds. The summed E-state index contributed by atoms with van der Waals surface area (Å²) in [6, 6.07) is 9.73. The predicted molar refractivity (Wildman–Crippen MR) is 105 cm³/mol. The van der Waals surface area contributed by atoms with Crippen molar-refractivity contribution in [2.45, 2.75) is 13.3 Å². The summed E-state index contributed by atoms with van der Waals surface area (Å²) < 4.78 is 1.88. The fraction of sp³-hybridized carbons (Fsp3) is 0.333. The van der Waals surface area contributed by atoms with Crippen LogP contribution in [0.3, 0.4) is 0 Å². The Labute approximate surface area is 158 Å². The number of fused-ring (bicyclic) bond motifs is 1. The summed E-state index contributed by atoms with van der Waals surface area (Å²) in [4.78, 5) is 32.9. The molecule has 1 N–H and O–H groups in total. The number of carbonyl (C=O) groups excluding carboxylic acids is 2. The molecule has 4 rings (SSSR count). The number of nitrogens with one attached hydrogen (secondary N) is 1. The van der Waals surface area contributed by atoms with E-state index in [9.17, 15) is 9.59 Å². The van der Waals surface area contributed by atoms with Crippen LogP contribution < -0.4 is 0 Å². The average molecular weight is 364 g/mol. The Morgan fingerprint density at radius 2 is 1.67 bits per heavy atom. The first-order valence-electron chi connectivity index (χ1n) is 9.32. The first-order valence-corrected chi connectivity index (χ1v) is 9.32. The molecule has 1 fully saturated rings. The number of aryl methyl sites for hydroxylation is 2. The van der Waals surface area contributed by atoms with E-state index >= 15 is 0 Å². The van der Waals surface area contributed by atoms with Gasteiger partial charge < -0.3 is 19.4 Å². The van der Waals surface area contributed by atoms with Crippen LogP contribution in [0.1, 0.15) is 32.8 Å². The molecular weight excluding hydrogens is 340 g/mol. The third kappa shape index (κ3) is 3.23. The average Bonchev–Trinajstić information content (AvgIpc) is 3.13. The van der Waals surface area contributed by atoms with E-state index in [1.54, 1.807) is 0 Å². The number of hydrogen-bond donors (Lipinski definition) is 1. The molecule has 2 aromatic heterocycles. The number of aromatic nitrogens is 2. The molecule has 0 saturated carbocycles. The van der Waals surface area contributed by atoms with Crippen LogP contribution in [0.4, 0.5) is 0 Å². The highest BCUT2D eigenvalue weighted by Gasteiger charge is 2.26. The normalized spacial score (nSPS) is 15.2. The second kappa shape index (κ2) is 6.95. The fourth-order valence-corrected chi connectivity index (χ4v) is 3.85. The summed E-state index contributed by atoms with van der Waals surface area (Å²) in [6.07, 6.45) is 4.50. The summed E-state index contributed by atoms with van der Waals surface area (Å²) in [5, 5.41) is 0.960. The molecule has 0 aliphatic carbocycles. The molecule has 1 aliphatic heterocycles. The van der Waals surface area contributed by atoms with Crippen LogP contribution in [0, 0.1) is 6.92 Å². The SMILES string of the molecule is Cc1[nH]c2ccccc2c1C(=O)N1CCCN(C(=O)c2ccn(C)c2)CC1. The number of H-pyrrole nitrogens is 1. The molecule has 6 nitrogen and oxygen atoms in total. The number of carbonyl (C=O) groups is 2. The van der Waals surface area contributed by atoms with Crippen molar-refractivity contribution >= 4 is 22.7 Å². The lowest BCUT2D eigenvalue weighted by Gasteiger charge is -2.22. The highest BCUT2D eigenvalue weighted by Crippen LogP contribution is 2.24. The maximum atomic E-state index is 13.2.